The number of anilines is 2. The summed E-state index contributed by atoms with van der Waals surface area (Å²) in [5.74, 6) is -2.70. The first-order valence-corrected chi connectivity index (χ1v) is 11.5. The number of carboxylic acids is 1. The fourth-order valence-electron chi connectivity index (χ4n) is 3.45. The molecule has 0 unspecified atom stereocenters. The van der Waals surface area contributed by atoms with Crippen molar-refractivity contribution >= 4 is 52.5 Å². The van der Waals surface area contributed by atoms with Crippen LogP contribution in [0.2, 0.25) is 5.02 Å². The predicted molar refractivity (Wildman–Crippen MR) is 128 cm³/mol. The van der Waals surface area contributed by atoms with Gasteiger partial charge < -0.3 is 15.7 Å². The maximum atomic E-state index is 12.6. The molecule has 1 aliphatic rings. The molecule has 2 amide bonds. The SMILES string of the molecule is Cc1ccc(Cl)cc1NC(=O)[C@@H](C)Sc1ccc(NC(=O)[C@H]2CC=CC[C@@H]2C(=O)O)cc1. The lowest BCUT2D eigenvalue weighted by Gasteiger charge is -2.24. The number of carbonyl (C=O) groups excluding carboxylic acids is 2. The highest BCUT2D eigenvalue weighted by Crippen LogP contribution is 2.29. The highest BCUT2D eigenvalue weighted by molar-refractivity contribution is 8.00. The number of halogens is 1. The molecule has 0 saturated heterocycles. The smallest absolute Gasteiger partial charge is 0.307 e. The largest absolute Gasteiger partial charge is 0.481 e. The predicted octanol–water partition coefficient (Wildman–Crippen LogP) is 5.37. The number of amides is 2. The molecule has 0 saturated carbocycles. The Balaban J connectivity index is 1.57. The van der Waals surface area contributed by atoms with Gasteiger partial charge in [-0.1, -0.05) is 29.8 Å². The second-order valence-electron chi connectivity index (χ2n) is 7.72. The van der Waals surface area contributed by atoms with Gasteiger partial charge in [-0.05, 0) is 68.7 Å². The molecule has 1 aliphatic carbocycles. The average Bonchev–Trinajstić information content (AvgIpc) is 2.77. The fourth-order valence-corrected chi connectivity index (χ4v) is 4.49. The van der Waals surface area contributed by atoms with Crippen LogP contribution in [0.4, 0.5) is 11.4 Å². The van der Waals surface area contributed by atoms with Crippen molar-refractivity contribution in [2.24, 2.45) is 11.8 Å². The van der Waals surface area contributed by atoms with Crippen LogP contribution in [-0.4, -0.2) is 28.1 Å². The first kappa shape index (κ1) is 23.9. The summed E-state index contributed by atoms with van der Waals surface area (Å²) >= 11 is 7.41. The third-order valence-corrected chi connectivity index (χ3v) is 6.69. The van der Waals surface area contributed by atoms with Gasteiger partial charge >= 0.3 is 5.97 Å². The molecule has 0 heterocycles. The Morgan fingerprint density at radius 1 is 1.03 bits per heavy atom. The monoisotopic (exact) mass is 472 g/mol. The summed E-state index contributed by atoms with van der Waals surface area (Å²) in [7, 11) is 0. The maximum absolute atomic E-state index is 12.6. The number of hydrogen-bond donors (Lipinski definition) is 3. The third-order valence-electron chi connectivity index (χ3n) is 5.35. The Morgan fingerprint density at radius 2 is 1.69 bits per heavy atom. The van der Waals surface area contributed by atoms with Gasteiger partial charge in [-0.15, -0.1) is 11.8 Å². The van der Waals surface area contributed by atoms with Gasteiger partial charge in [-0.3, -0.25) is 14.4 Å². The fraction of sp³-hybridized carbons (Fsp3) is 0.292. The number of aliphatic carboxylic acids is 1. The standard InChI is InChI=1S/C24H25ClN2O4S/c1-14-7-8-16(25)13-21(14)27-22(28)15(2)32-18-11-9-17(10-12-18)26-23(29)19-5-3-4-6-20(19)24(30)31/h3-4,7-13,15,19-20H,5-6H2,1-2H3,(H,26,29)(H,27,28)(H,30,31)/t15-,19+,20+/m1/s1. The van der Waals surface area contributed by atoms with Crippen molar-refractivity contribution in [3.63, 3.8) is 0 Å². The zero-order valence-electron chi connectivity index (χ0n) is 17.8. The van der Waals surface area contributed by atoms with E-state index in [0.29, 0.717) is 29.2 Å². The lowest BCUT2D eigenvalue weighted by atomic mass is 9.82. The molecule has 0 aliphatic heterocycles. The van der Waals surface area contributed by atoms with Crippen LogP contribution in [0, 0.1) is 18.8 Å². The molecule has 0 radical (unpaired) electrons. The molecule has 168 valence electrons. The molecule has 3 rings (SSSR count). The highest BCUT2D eigenvalue weighted by Gasteiger charge is 2.33. The molecule has 2 aromatic carbocycles. The number of thioether (sulfide) groups is 1. The third kappa shape index (κ3) is 6.14. The summed E-state index contributed by atoms with van der Waals surface area (Å²) in [6.45, 7) is 3.72. The minimum Gasteiger partial charge on any atom is -0.481 e. The van der Waals surface area contributed by atoms with Gasteiger partial charge in [-0.25, -0.2) is 0 Å². The molecule has 8 heteroatoms. The number of nitrogens with one attached hydrogen (secondary N) is 2. The summed E-state index contributed by atoms with van der Waals surface area (Å²) in [5.41, 5.74) is 2.20. The Hall–Kier alpha value is -2.77. The Bertz CT molecular complexity index is 1040. The first-order valence-electron chi connectivity index (χ1n) is 10.3. The molecule has 0 spiro atoms. The molecule has 0 aromatic heterocycles. The summed E-state index contributed by atoms with van der Waals surface area (Å²) in [4.78, 5) is 37.4. The maximum Gasteiger partial charge on any atom is 0.307 e. The van der Waals surface area contributed by atoms with Crippen molar-refractivity contribution in [3.05, 3.63) is 65.2 Å². The Labute approximate surface area is 196 Å². The van der Waals surface area contributed by atoms with Crippen LogP contribution in [0.5, 0.6) is 0 Å². The van der Waals surface area contributed by atoms with Crippen molar-refractivity contribution in [1.82, 2.24) is 0 Å². The van der Waals surface area contributed by atoms with E-state index in [-0.39, 0.29) is 17.1 Å². The second kappa shape index (κ2) is 10.7. The van der Waals surface area contributed by atoms with Gasteiger partial charge in [0.15, 0.2) is 0 Å². The van der Waals surface area contributed by atoms with E-state index in [0.717, 1.165) is 10.5 Å². The minimum absolute atomic E-state index is 0.136. The lowest BCUT2D eigenvalue weighted by Crippen LogP contribution is -2.34. The van der Waals surface area contributed by atoms with E-state index in [9.17, 15) is 19.5 Å². The van der Waals surface area contributed by atoms with Crippen molar-refractivity contribution in [2.45, 2.75) is 36.8 Å². The molecule has 2 aromatic rings. The zero-order valence-corrected chi connectivity index (χ0v) is 19.4. The lowest BCUT2D eigenvalue weighted by molar-refractivity contribution is -0.146. The van der Waals surface area contributed by atoms with Crippen LogP contribution >= 0.6 is 23.4 Å². The van der Waals surface area contributed by atoms with Crippen molar-refractivity contribution < 1.29 is 19.5 Å². The van der Waals surface area contributed by atoms with Gasteiger partial charge in [0, 0.05) is 21.3 Å². The minimum atomic E-state index is -0.957. The molecule has 0 bridgehead atoms. The van der Waals surface area contributed by atoms with Crippen molar-refractivity contribution in [1.29, 1.82) is 0 Å². The van der Waals surface area contributed by atoms with Gasteiger partial charge in [0.2, 0.25) is 11.8 Å². The van der Waals surface area contributed by atoms with Gasteiger partial charge in [0.05, 0.1) is 17.1 Å². The molecule has 0 fully saturated rings. The van der Waals surface area contributed by atoms with E-state index in [1.54, 1.807) is 30.3 Å². The summed E-state index contributed by atoms with van der Waals surface area (Å²) < 4.78 is 0. The number of allylic oxidation sites excluding steroid dienone is 2. The number of aryl methyl sites for hydroxylation is 1. The molecule has 3 atom stereocenters. The van der Waals surface area contributed by atoms with Crippen molar-refractivity contribution in [2.75, 3.05) is 10.6 Å². The number of hydrogen-bond acceptors (Lipinski definition) is 4. The highest BCUT2D eigenvalue weighted by atomic mass is 35.5. The zero-order chi connectivity index (χ0) is 23.3. The molecular weight excluding hydrogens is 448 g/mol. The first-order chi connectivity index (χ1) is 15.2. The molecule has 32 heavy (non-hydrogen) atoms. The number of rotatable bonds is 7. The van der Waals surface area contributed by atoms with Crippen LogP contribution < -0.4 is 10.6 Å². The van der Waals surface area contributed by atoms with E-state index >= 15 is 0 Å². The van der Waals surface area contributed by atoms with Crippen LogP contribution in [0.25, 0.3) is 0 Å². The van der Waals surface area contributed by atoms with E-state index in [1.807, 2.05) is 38.1 Å². The normalized spacial score (nSPS) is 18.6. The molecule has 3 N–H and O–H groups in total. The summed E-state index contributed by atoms with van der Waals surface area (Å²) in [6, 6.07) is 12.5. The number of carbonyl (C=O) groups is 3. The average molecular weight is 473 g/mol. The number of carboxylic acid groups (broad SMARTS) is 1. The van der Waals surface area contributed by atoms with Crippen molar-refractivity contribution in [3.8, 4) is 0 Å². The van der Waals surface area contributed by atoms with E-state index in [1.165, 1.54) is 11.8 Å². The second-order valence-corrected chi connectivity index (χ2v) is 9.57. The Morgan fingerprint density at radius 3 is 2.34 bits per heavy atom. The van der Waals surface area contributed by atoms with E-state index in [4.69, 9.17) is 11.6 Å². The molecule has 6 nitrogen and oxygen atoms in total. The quantitative estimate of drug-likeness (QED) is 0.371. The summed E-state index contributed by atoms with van der Waals surface area (Å²) in [6.07, 6.45) is 4.42. The number of benzene rings is 2. The Kier molecular flexibility index (Phi) is 7.99. The van der Waals surface area contributed by atoms with Gasteiger partial charge in [0.1, 0.15) is 0 Å². The molecular formula is C24H25ClN2O4S. The van der Waals surface area contributed by atoms with Crippen LogP contribution in [0.1, 0.15) is 25.3 Å². The van der Waals surface area contributed by atoms with Crippen LogP contribution in [0.15, 0.2) is 59.5 Å². The summed E-state index contributed by atoms with van der Waals surface area (Å²) in [5, 5.41) is 15.3. The van der Waals surface area contributed by atoms with Crippen LogP contribution in [-0.2, 0) is 14.4 Å². The van der Waals surface area contributed by atoms with Crippen LogP contribution in [0.3, 0.4) is 0 Å². The topological polar surface area (TPSA) is 95.5 Å². The van der Waals surface area contributed by atoms with Gasteiger partial charge in [-0.2, -0.15) is 0 Å². The van der Waals surface area contributed by atoms with E-state index in [2.05, 4.69) is 10.6 Å². The van der Waals surface area contributed by atoms with Gasteiger partial charge in [0.25, 0.3) is 0 Å². The van der Waals surface area contributed by atoms with E-state index < -0.39 is 17.8 Å².